The summed E-state index contributed by atoms with van der Waals surface area (Å²) >= 11 is 0. The van der Waals surface area contributed by atoms with Crippen molar-refractivity contribution in [2.45, 2.75) is 55.9 Å². The van der Waals surface area contributed by atoms with Crippen LogP contribution in [0.3, 0.4) is 0 Å². The first-order valence-electron chi connectivity index (χ1n) is 8.21. The van der Waals surface area contributed by atoms with Crippen molar-refractivity contribution >= 4 is 11.8 Å². The molecule has 6 nitrogen and oxygen atoms in total. The Labute approximate surface area is 175 Å². The van der Waals surface area contributed by atoms with Gasteiger partial charge in [0.1, 0.15) is 0 Å². The molecular formula is C22H48O6. The van der Waals surface area contributed by atoms with E-state index in [1.807, 2.05) is 6.92 Å². The van der Waals surface area contributed by atoms with Crippen LogP contribution in [-0.2, 0) is 28.5 Å². The Bertz CT molecular complexity index is 336. The fraction of sp³-hybridized carbons (Fsp3) is 0.727. The van der Waals surface area contributed by atoms with Crippen molar-refractivity contribution in [1.29, 1.82) is 0 Å². The van der Waals surface area contributed by atoms with Gasteiger partial charge in [-0.1, -0.05) is 49.3 Å². The summed E-state index contributed by atoms with van der Waals surface area (Å²) in [6, 6.07) is 0. The van der Waals surface area contributed by atoms with Gasteiger partial charge in [-0.3, -0.25) is 4.79 Å². The lowest BCUT2D eigenvalue weighted by atomic mass is 9.88. The maximum atomic E-state index is 10.2. The third-order valence-electron chi connectivity index (χ3n) is 3.00. The summed E-state index contributed by atoms with van der Waals surface area (Å²) in [4.78, 5) is 19.9. The van der Waals surface area contributed by atoms with Crippen molar-refractivity contribution in [3.8, 4) is 0 Å². The Morgan fingerprint density at radius 1 is 0.857 bits per heavy atom. The molecule has 0 bridgehead atoms. The highest BCUT2D eigenvalue weighted by Crippen LogP contribution is 2.22. The van der Waals surface area contributed by atoms with E-state index in [2.05, 4.69) is 24.8 Å². The molecule has 6 heteroatoms. The molecule has 172 valence electrons. The molecule has 0 heterocycles. The summed E-state index contributed by atoms with van der Waals surface area (Å²) in [5, 5.41) is 0. The minimum atomic E-state index is -0.341. The van der Waals surface area contributed by atoms with Crippen LogP contribution in [0.15, 0.2) is 25.3 Å². The van der Waals surface area contributed by atoms with Crippen LogP contribution in [0.2, 0.25) is 0 Å². The van der Waals surface area contributed by atoms with Gasteiger partial charge >= 0.3 is 5.97 Å². The molecule has 0 aromatic carbocycles. The van der Waals surface area contributed by atoms with Gasteiger partial charge in [0.2, 0.25) is 0 Å². The van der Waals surface area contributed by atoms with Crippen LogP contribution < -0.4 is 0 Å². The molecule has 0 fully saturated rings. The predicted octanol–water partition coefficient (Wildman–Crippen LogP) is 5.12. The fourth-order valence-electron chi connectivity index (χ4n) is 1.61. The van der Waals surface area contributed by atoms with Gasteiger partial charge in [0.15, 0.2) is 5.78 Å². The zero-order valence-electron chi connectivity index (χ0n) is 16.8. The van der Waals surface area contributed by atoms with Crippen LogP contribution in [0.5, 0.6) is 0 Å². The lowest BCUT2D eigenvalue weighted by molar-refractivity contribution is -0.137. The van der Waals surface area contributed by atoms with Gasteiger partial charge in [-0.05, 0) is 25.8 Å². The molecule has 28 heavy (non-hydrogen) atoms. The zero-order chi connectivity index (χ0) is 20.1. The van der Waals surface area contributed by atoms with E-state index in [4.69, 9.17) is 14.2 Å². The van der Waals surface area contributed by atoms with Crippen molar-refractivity contribution in [3.05, 3.63) is 25.3 Å². The van der Waals surface area contributed by atoms with Crippen LogP contribution in [0, 0.1) is 5.41 Å². The second-order valence-electron chi connectivity index (χ2n) is 5.34. The summed E-state index contributed by atoms with van der Waals surface area (Å²) < 4.78 is 20.0. The standard InChI is InChI=1S/C9H20O3.C6H10O2.C4H6O.3CH4/c1-5-9(6-10-2,7-11-3)8-12-4;1-3-5-8-6(7)4-2;1-3-4(2)5;;;/h5-8H2,1-4H3;4H,2-3,5H2,1H3;3H,1H2,2H3;3*1H4. The minimum absolute atomic E-state index is 0. The number of rotatable bonds is 11. The summed E-state index contributed by atoms with van der Waals surface area (Å²) in [5.41, 5.74) is 0.0260. The number of carbonyl (C=O) groups excluding carboxylic acids is 2. The number of allylic oxidation sites excluding steroid dienone is 1. The van der Waals surface area contributed by atoms with Crippen molar-refractivity contribution in [2.75, 3.05) is 47.8 Å². The van der Waals surface area contributed by atoms with Crippen LogP contribution in [0.25, 0.3) is 0 Å². The fourth-order valence-corrected chi connectivity index (χ4v) is 1.61. The highest BCUT2D eigenvalue weighted by molar-refractivity contribution is 5.86. The predicted molar refractivity (Wildman–Crippen MR) is 121 cm³/mol. The maximum Gasteiger partial charge on any atom is 0.330 e. The number of ketones is 1. The topological polar surface area (TPSA) is 71.1 Å². The molecule has 0 aliphatic carbocycles. The average Bonchev–Trinajstić information content (AvgIpc) is 2.61. The number of carbonyl (C=O) groups is 2. The Hall–Kier alpha value is -1.50. The summed E-state index contributed by atoms with van der Waals surface area (Å²) in [6.45, 7) is 14.5. The molecule has 0 saturated carbocycles. The normalized spacial score (nSPS) is 8.64. The molecule has 0 saturated heterocycles. The molecule has 0 aliphatic heterocycles. The minimum Gasteiger partial charge on any atom is -0.463 e. The van der Waals surface area contributed by atoms with Crippen LogP contribution in [0.1, 0.15) is 55.9 Å². The smallest absolute Gasteiger partial charge is 0.330 e. The molecule has 0 rings (SSSR count). The summed E-state index contributed by atoms with van der Waals surface area (Å²) in [5.74, 6) is -0.322. The first kappa shape index (κ1) is 41.0. The van der Waals surface area contributed by atoms with Crippen molar-refractivity contribution in [2.24, 2.45) is 5.41 Å². The Balaban J connectivity index is -0.0000000666. The third-order valence-corrected chi connectivity index (χ3v) is 3.00. The molecule has 0 unspecified atom stereocenters. The van der Waals surface area contributed by atoms with Crippen molar-refractivity contribution in [1.82, 2.24) is 0 Å². The number of esters is 1. The van der Waals surface area contributed by atoms with E-state index in [0.29, 0.717) is 26.4 Å². The molecule has 0 aromatic heterocycles. The van der Waals surface area contributed by atoms with Crippen LogP contribution in [-0.4, -0.2) is 59.5 Å². The van der Waals surface area contributed by atoms with E-state index >= 15 is 0 Å². The van der Waals surface area contributed by atoms with Gasteiger partial charge < -0.3 is 18.9 Å². The highest BCUT2D eigenvalue weighted by atomic mass is 16.5. The maximum absolute atomic E-state index is 10.2. The van der Waals surface area contributed by atoms with Gasteiger partial charge in [-0.25, -0.2) is 4.79 Å². The van der Waals surface area contributed by atoms with E-state index in [1.54, 1.807) is 21.3 Å². The van der Waals surface area contributed by atoms with Crippen molar-refractivity contribution in [3.63, 3.8) is 0 Å². The molecular weight excluding hydrogens is 360 g/mol. The lowest BCUT2D eigenvalue weighted by Gasteiger charge is -2.30. The molecule has 0 spiro atoms. The van der Waals surface area contributed by atoms with Gasteiger partial charge in [0.05, 0.1) is 26.4 Å². The van der Waals surface area contributed by atoms with E-state index in [1.165, 1.54) is 13.0 Å². The zero-order valence-corrected chi connectivity index (χ0v) is 16.8. The van der Waals surface area contributed by atoms with Crippen LogP contribution >= 0.6 is 0 Å². The van der Waals surface area contributed by atoms with E-state index < -0.39 is 0 Å². The van der Waals surface area contributed by atoms with Gasteiger partial charge in [-0.15, -0.1) is 0 Å². The number of ether oxygens (including phenoxy) is 4. The monoisotopic (exact) mass is 408 g/mol. The summed E-state index contributed by atoms with van der Waals surface area (Å²) in [7, 11) is 5.11. The second-order valence-corrected chi connectivity index (χ2v) is 5.34. The number of methoxy groups -OCH3 is 3. The SMILES string of the molecule is C.C.C.C=CC(=O)OCCC.C=CC(C)=O.CCC(COC)(COC)COC. The molecule has 0 aliphatic rings. The largest absolute Gasteiger partial charge is 0.463 e. The highest BCUT2D eigenvalue weighted by Gasteiger charge is 2.28. The van der Waals surface area contributed by atoms with Gasteiger partial charge in [-0.2, -0.15) is 0 Å². The Kier molecular flexibility index (Phi) is 44.3. The second kappa shape index (κ2) is 30.2. The van der Waals surface area contributed by atoms with E-state index in [0.717, 1.165) is 18.9 Å². The molecule has 0 amide bonds. The molecule has 0 aromatic rings. The molecule has 0 radical (unpaired) electrons. The number of hydrogen-bond donors (Lipinski definition) is 0. The third kappa shape index (κ3) is 29.3. The molecule has 0 N–H and O–H groups in total. The Morgan fingerprint density at radius 3 is 1.39 bits per heavy atom. The summed E-state index contributed by atoms with van der Waals surface area (Å²) in [6.07, 6.45) is 4.30. The average molecular weight is 409 g/mol. The quantitative estimate of drug-likeness (QED) is 0.349. The van der Waals surface area contributed by atoms with E-state index in [9.17, 15) is 9.59 Å². The van der Waals surface area contributed by atoms with Crippen LogP contribution in [0.4, 0.5) is 0 Å². The van der Waals surface area contributed by atoms with Gasteiger partial charge in [0, 0.05) is 32.8 Å². The van der Waals surface area contributed by atoms with E-state index in [-0.39, 0.29) is 39.4 Å². The first-order chi connectivity index (χ1) is 11.8. The Morgan fingerprint density at radius 2 is 1.21 bits per heavy atom. The van der Waals surface area contributed by atoms with Crippen molar-refractivity contribution < 1.29 is 28.5 Å². The molecule has 0 atom stereocenters. The van der Waals surface area contributed by atoms with Gasteiger partial charge in [0.25, 0.3) is 0 Å². The lowest BCUT2D eigenvalue weighted by Crippen LogP contribution is -2.35. The number of hydrogen-bond acceptors (Lipinski definition) is 6. The first-order valence-corrected chi connectivity index (χ1v) is 8.21.